The lowest BCUT2D eigenvalue weighted by Gasteiger charge is -2.22. The molecule has 2 atom stereocenters. The number of guanidine groups is 1. The smallest absolute Gasteiger partial charge is 0.194 e. The first kappa shape index (κ1) is 18.2. The number of aliphatic imine (C=N–C) groups is 1. The standard InChI is InChI=1S/C19H29N3O2S/c1-3-20-19(22-13-16-6-4-5-7-17(16)14-22)21-12-15-8-10-18(11-9-15)25(2,23)24/h8-11,16-17H,3-7,12-14H2,1-2H3,(H,20,21). The molecule has 0 bridgehead atoms. The number of nitrogens with one attached hydrogen (secondary N) is 1. The van der Waals surface area contributed by atoms with Crippen molar-refractivity contribution in [3.63, 3.8) is 0 Å². The lowest BCUT2D eigenvalue weighted by atomic mass is 9.82. The van der Waals surface area contributed by atoms with Crippen LogP contribution in [0, 0.1) is 11.8 Å². The van der Waals surface area contributed by atoms with E-state index in [1.54, 1.807) is 12.1 Å². The van der Waals surface area contributed by atoms with E-state index in [0.29, 0.717) is 11.4 Å². The molecule has 2 unspecified atom stereocenters. The molecule has 1 aliphatic heterocycles. The van der Waals surface area contributed by atoms with E-state index in [1.807, 2.05) is 12.1 Å². The summed E-state index contributed by atoms with van der Waals surface area (Å²) in [5.41, 5.74) is 1.03. The molecule has 1 aromatic rings. The molecule has 1 saturated carbocycles. The summed E-state index contributed by atoms with van der Waals surface area (Å²) in [4.78, 5) is 7.57. The molecule has 5 nitrogen and oxygen atoms in total. The van der Waals surface area contributed by atoms with Crippen LogP contribution in [-0.4, -0.2) is 45.2 Å². The number of benzene rings is 1. The summed E-state index contributed by atoms with van der Waals surface area (Å²) in [5, 5.41) is 3.42. The third-order valence-electron chi connectivity index (χ3n) is 5.37. The molecule has 0 amide bonds. The molecule has 2 fully saturated rings. The van der Waals surface area contributed by atoms with E-state index >= 15 is 0 Å². The van der Waals surface area contributed by atoms with Crippen molar-refractivity contribution in [2.45, 2.75) is 44.0 Å². The largest absolute Gasteiger partial charge is 0.357 e. The summed E-state index contributed by atoms with van der Waals surface area (Å²) in [6.45, 7) is 5.75. The SMILES string of the molecule is CCNC(=NCc1ccc(S(C)(=O)=O)cc1)N1CC2CCCCC2C1. The second kappa shape index (κ2) is 7.77. The molecule has 6 heteroatoms. The number of sulfone groups is 1. The van der Waals surface area contributed by atoms with Gasteiger partial charge in [-0.15, -0.1) is 0 Å². The Balaban J connectivity index is 1.68. The Hall–Kier alpha value is -1.56. The first-order chi connectivity index (χ1) is 12.0. The zero-order valence-corrected chi connectivity index (χ0v) is 16.1. The molecule has 3 rings (SSSR count). The first-order valence-corrected chi connectivity index (χ1v) is 11.2. The Morgan fingerprint density at radius 3 is 2.28 bits per heavy atom. The van der Waals surface area contributed by atoms with Crippen LogP contribution in [0.5, 0.6) is 0 Å². The number of likely N-dealkylation sites (tertiary alicyclic amines) is 1. The third-order valence-corrected chi connectivity index (χ3v) is 6.50. The fourth-order valence-corrected chi connectivity index (χ4v) is 4.64. The summed E-state index contributed by atoms with van der Waals surface area (Å²) >= 11 is 0. The van der Waals surface area contributed by atoms with E-state index in [9.17, 15) is 8.42 Å². The van der Waals surface area contributed by atoms with Crippen LogP contribution in [0.4, 0.5) is 0 Å². The number of nitrogens with zero attached hydrogens (tertiary/aromatic N) is 2. The minimum absolute atomic E-state index is 0.357. The molecule has 2 aliphatic rings. The van der Waals surface area contributed by atoms with Gasteiger partial charge in [-0.3, -0.25) is 0 Å². The van der Waals surface area contributed by atoms with Gasteiger partial charge in [0.1, 0.15) is 0 Å². The number of fused-ring (bicyclic) bond motifs is 1. The van der Waals surface area contributed by atoms with E-state index in [2.05, 4.69) is 17.1 Å². The molecule has 1 saturated heterocycles. The molecule has 1 N–H and O–H groups in total. The Bertz CT molecular complexity index is 699. The molecule has 1 aliphatic carbocycles. The highest BCUT2D eigenvalue weighted by molar-refractivity contribution is 7.90. The number of hydrogen-bond donors (Lipinski definition) is 1. The Morgan fingerprint density at radius 2 is 1.76 bits per heavy atom. The third kappa shape index (κ3) is 4.54. The lowest BCUT2D eigenvalue weighted by Crippen LogP contribution is -2.40. The molecule has 0 aromatic heterocycles. The van der Waals surface area contributed by atoms with Crippen molar-refractivity contribution < 1.29 is 8.42 Å². The first-order valence-electron chi connectivity index (χ1n) is 9.29. The number of hydrogen-bond acceptors (Lipinski definition) is 3. The fourth-order valence-electron chi connectivity index (χ4n) is 4.01. The van der Waals surface area contributed by atoms with Crippen molar-refractivity contribution in [3.8, 4) is 0 Å². The van der Waals surface area contributed by atoms with Crippen molar-refractivity contribution in [2.24, 2.45) is 16.8 Å². The van der Waals surface area contributed by atoms with Crippen LogP contribution < -0.4 is 5.32 Å². The molecule has 138 valence electrons. The number of rotatable bonds is 4. The van der Waals surface area contributed by atoms with Gasteiger partial charge in [0.15, 0.2) is 15.8 Å². The highest BCUT2D eigenvalue weighted by Gasteiger charge is 2.35. The van der Waals surface area contributed by atoms with Crippen molar-refractivity contribution in [2.75, 3.05) is 25.9 Å². The van der Waals surface area contributed by atoms with Gasteiger partial charge in [0.05, 0.1) is 11.4 Å². The van der Waals surface area contributed by atoms with Crippen LogP contribution in [0.1, 0.15) is 38.2 Å². The van der Waals surface area contributed by atoms with Crippen LogP contribution in [-0.2, 0) is 16.4 Å². The molecule has 1 heterocycles. The van der Waals surface area contributed by atoms with Crippen molar-refractivity contribution in [1.29, 1.82) is 0 Å². The topological polar surface area (TPSA) is 61.8 Å². The van der Waals surface area contributed by atoms with Crippen LogP contribution in [0.3, 0.4) is 0 Å². The van der Waals surface area contributed by atoms with Crippen LogP contribution >= 0.6 is 0 Å². The normalized spacial score (nSPS) is 24.2. The highest BCUT2D eigenvalue weighted by atomic mass is 32.2. The fraction of sp³-hybridized carbons (Fsp3) is 0.632. The molecular weight excluding hydrogens is 334 g/mol. The van der Waals surface area contributed by atoms with Crippen LogP contribution in [0.2, 0.25) is 0 Å². The second-order valence-electron chi connectivity index (χ2n) is 7.30. The van der Waals surface area contributed by atoms with Gasteiger partial charge < -0.3 is 10.2 Å². The Labute approximate surface area is 151 Å². The van der Waals surface area contributed by atoms with Gasteiger partial charge in [0.2, 0.25) is 0 Å². The predicted molar refractivity (Wildman–Crippen MR) is 101 cm³/mol. The maximum Gasteiger partial charge on any atom is 0.194 e. The molecule has 0 radical (unpaired) electrons. The van der Waals surface area contributed by atoms with Crippen LogP contribution in [0.15, 0.2) is 34.2 Å². The van der Waals surface area contributed by atoms with Gasteiger partial charge in [0, 0.05) is 25.9 Å². The van der Waals surface area contributed by atoms with E-state index in [1.165, 1.54) is 31.9 Å². The van der Waals surface area contributed by atoms with E-state index < -0.39 is 9.84 Å². The van der Waals surface area contributed by atoms with Crippen LogP contribution in [0.25, 0.3) is 0 Å². The molecular formula is C19H29N3O2S. The molecule has 1 aromatic carbocycles. The van der Waals surface area contributed by atoms with E-state index in [0.717, 1.165) is 43.0 Å². The van der Waals surface area contributed by atoms with Gasteiger partial charge >= 0.3 is 0 Å². The van der Waals surface area contributed by atoms with Crippen molar-refractivity contribution >= 4 is 15.8 Å². The summed E-state index contributed by atoms with van der Waals surface area (Å²) in [5.74, 6) is 2.64. The quantitative estimate of drug-likeness (QED) is 0.660. The van der Waals surface area contributed by atoms with Gasteiger partial charge in [-0.05, 0) is 49.3 Å². The maximum atomic E-state index is 11.5. The monoisotopic (exact) mass is 363 g/mol. The second-order valence-corrected chi connectivity index (χ2v) is 9.31. The molecule has 25 heavy (non-hydrogen) atoms. The Morgan fingerprint density at radius 1 is 1.16 bits per heavy atom. The summed E-state index contributed by atoms with van der Waals surface area (Å²) < 4.78 is 23.1. The van der Waals surface area contributed by atoms with Gasteiger partial charge in [-0.1, -0.05) is 25.0 Å². The highest BCUT2D eigenvalue weighted by Crippen LogP contribution is 2.35. The van der Waals surface area contributed by atoms with Crippen molar-refractivity contribution in [3.05, 3.63) is 29.8 Å². The van der Waals surface area contributed by atoms with Gasteiger partial charge in [-0.2, -0.15) is 0 Å². The average molecular weight is 364 g/mol. The zero-order chi connectivity index (χ0) is 17.9. The summed E-state index contributed by atoms with van der Waals surface area (Å²) in [6, 6.07) is 7.04. The minimum atomic E-state index is -3.14. The van der Waals surface area contributed by atoms with E-state index in [4.69, 9.17) is 4.99 Å². The summed E-state index contributed by atoms with van der Waals surface area (Å²) in [6.07, 6.45) is 6.68. The average Bonchev–Trinajstić information content (AvgIpc) is 3.02. The zero-order valence-electron chi connectivity index (χ0n) is 15.2. The van der Waals surface area contributed by atoms with Gasteiger partial charge in [0.25, 0.3) is 0 Å². The summed E-state index contributed by atoms with van der Waals surface area (Å²) in [7, 11) is -3.14. The van der Waals surface area contributed by atoms with Gasteiger partial charge in [-0.25, -0.2) is 13.4 Å². The predicted octanol–water partition coefficient (Wildman–Crippen LogP) is 2.68. The Kier molecular flexibility index (Phi) is 5.67. The lowest BCUT2D eigenvalue weighted by molar-refractivity contribution is 0.299. The maximum absolute atomic E-state index is 11.5. The van der Waals surface area contributed by atoms with Crippen molar-refractivity contribution in [1.82, 2.24) is 10.2 Å². The van der Waals surface area contributed by atoms with E-state index in [-0.39, 0.29) is 0 Å². The minimum Gasteiger partial charge on any atom is -0.357 e. The molecule has 0 spiro atoms.